The Morgan fingerprint density at radius 2 is 1.77 bits per heavy atom. The second-order valence-corrected chi connectivity index (χ2v) is 11.4. The van der Waals surface area contributed by atoms with Gasteiger partial charge in [0.1, 0.15) is 11.8 Å². The van der Waals surface area contributed by atoms with E-state index in [2.05, 4.69) is 9.80 Å². The summed E-state index contributed by atoms with van der Waals surface area (Å²) in [6.07, 6.45) is 2.45. The number of unbranched alkanes of at least 4 members (excludes halogenated alkanes) is 1. The quantitative estimate of drug-likeness (QED) is 0.231. The first kappa shape index (κ1) is 30.2. The summed E-state index contributed by atoms with van der Waals surface area (Å²) in [6.45, 7) is 9.12. The normalized spacial score (nSPS) is 15.0. The SMILES string of the molecule is CC(C)CC(N)C(=O)OCn1c(=O)ccc2ccc(OCCCCN3CCN(c4cccc(Cl)c4Cl)CC3)cc21. The number of halogens is 2. The van der Waals surface area contributed by atoms with Gasteiger partial charge in [-0.25, -0.2) is 0 Å². The third-order valence-electron chi connectivity index (χ3n) is 7.11. The summed E-state index contributed by atoms with van der Waals surface area (Å²) < 4.78 is 12.8. The summed E-state index contributed by atoms with van der Waals surface area (Å²) in [5.74, 6) is 0.425. The summed E-state index contributed by atoms with van der Waals surface area (Å²) in [5.41, 5.74) is 7.31. The number of nitrogens with two attached hydrogens (primary N) is 1. The molecule has 1 unspecified atom stereocenters. The average Bonchev–Trinajstić information content (AvgIpc) is 2.93. The van der Waals surface area contributed by atoms with E-state index in [1.807, 2.05) is 50.2 Å². The van der Waals surface area contributed by atoms with E-state index in [1.54, 1.807) is 6.07 Å². The Hall–Kier alpha value is -2.78. The number of rotatable bonds is 12. The number of hydrogen-bond acceptors (Lipinski definition) is 7. The highest BCUT2D eigenvalue weighted by Gasteiger charge is 2.20. The molecular weight excluding hydrogens is 551 g/mol. The van der Waals surface area contributed by atoms with Gasteiger partial charge in [0.2, 0.25) is 0 Å². The predicted molar refractivity (Wildman–Crippen MR) is 162 cm³/mol. The number of pyridine rings is 1. The molecule has 3 aromatic rings. The molecule has 0 radical (unpaired) electrons. The molecule has 216 valence electrons. The van der Waals surface area contributed by atoms with Gasteiger partial charge >= 0.3 is 5.97 Å². The van der Waals surface area contributed by atoms with Gasteiger partial charge in [-0.3, -0.25) is 19.1 Å². The summed E-state index contributed by atoms with van der Waals surface area (Å²) in [6, 6.07) is 13.9. The van der Waals surface area contributed by atoms with Crippen molar-refractivity contribution >= 4 is 45.8 Å². The number of nitrogens with zero attached hydrogens (tertiary/aromatic N) is 3. The van der Waals surface area contributed by atoms with Crippen LogP contribution in [0.15, 0.2) is 53.3 Å². The molecule has 4 rings (SSSR count). The van der Waals surface area contributed by atoms with Crippen molar-refractivity contribution in [2.75, 3.05) is 44.2 Å². The van der Waals surface area contributed by atoms with Gasteiger partial charge in [0.05, 0.1) is 27.9 Å². The zero-order valence-electron chi connectivity index (χ0n) is 23.2. The second kappa shape index (κ2) is 14.2. The molecule has 0 saturated carbocycles. The standard InChI is InChI=1S/C30H38Cl2N4O4/c1-21(2)18-25(33)30(38)40-20-36-27-19-23(10-8-22(27)9-11-28(36)37)39-17-4-3-12-34-13-15-35(16-14-34)26-7-5-6-24(31)29(26)32/h5-11,19,21,25H,3-4,12-18,20,33H2,1-2H3. The van der Waals surface area contributed by atoms with Crippen LogP contribution in [0.1, 0.15) is 33.1 Å². The van der Waals surface area contributed by atoms with Gasteiger partial charge in [0.25, 0.3) is 5.56 Å². The van der Waals surface area contributed by atoms with E-state index in [0.717, 1.165) is 56.6 Å². The van der Waals surface area contributed by atoms with Crippen molar-refractivity contribution < 1.29 is 14.3 Å². The lowest BCUT2D eigenvalue weighted by Crippen LogP contribution is -2.46. The van der Waals surface area contributed by atoms with Crippen molar-refractivity contribution in [3.63, 3.8) is 0 Å². The Morgan fingerprint density at radius 3 is 2.52 bits per heavy atom. The molecule has 2 N–H and O–H groups in total. The lowest BCUT2D eigenvalue weighted by atomic mass is 10.1. The largest absolute Gasteiger partial charge is 0.494 e. The molecule has 2 aromatic carbocycles. The molecule has 40 heavy (non-hydrogen) atoms. The summed E-state index contributed by atoms with van der Waals surface area (Å²) in [7, 11) is 0. The maximum Gasteiger partial charge on any atom is 0.324 e. The van der Waals surface area contributed by atoms with Crippen LogP contribution in [0.25, 0.3) is 10.9 Å². The number of aromatic nitrogens is 1. The maximum atomic E-state index is 12.6. The molecule has 10 heteroatoms. The molecule has 1 saturated heterocycles. The molecule has 1 atom stereocenters. The Bertz CT molecular complexity index is 1360. The fourth-order valence-electron chi connectivity index (χ4n) is 4.91. The third kappa shape index (κ3) is 7.91. The Kier molecular flexibility index (Phi) is 10.7. The van der Waals surface area contributed by atoms with E-state index in [4.69, 9.17) is 38.4 Å². The van der Waals surface area contributed by atoms with Gasteiger partial charge in [0, 0.05) is 38.3 Å². The fraction of sp³-hybridized carbons (Fsp3) is 0.467. The van der Waals surface area contributed by atoms with Crippen LogP contribution in [-0.2, 0) is 16.3 Å². The van der Waals surface area contributed by atoms with E-state index in [9.17, 15) is 9.59 Å². The highest BCUT2D eigenvalue weighted by molar-refractivity contribution is 6.43. The van der Waals surface area contributed by atoms with E-state index in [0.29, 0.717) is 34.3 Å². The van der Waals surface area contributed by atoms with Crippen molar-refractivity contribution in [3.05, 3.63) is 68.9 Å². The number of hydrogen-bond donors (Lipinski definition) is 1. The number of anilines is 1. The van der Waals surface area contributed by atoms with Gasteiger partial charge in [-0.1, -0.05) is 43.1 Å². The molecule has 1 aliphatic rings. The molecule has 0 spiro atoms. The fourth-order valence-corrected chi connectivity index (χ4v) is 5.32. The lowest BCUT2D eigenvalue weighted by Gasteiger charge is -2.36. The second-order valence-electron chi connectivity index (χ2n) is 10.6. The molecular formula is C30H38Cl2N4O4. The minimum Gasteiger partial charge on any atom is -0.494 e. The summed E-state index contributed by atoms with van der Waals surface area (Å²) in [4.78, 5) is 29.6. The van der Waals surface area contributed by atoms with E-state index < -0.39 is 12.0 Å². The molecule has 8 nitrogen and oxygen atoms in total. The van der Waals surface area contributed by atoms with Crippen LogP contribution >= 0.6 is 23.2 Å². The van der Waals surface area contributed by atoms with Gasteiger partial charge in [-0.2, -0.15) is 0 Å². The van der Waals surface area contributed by atoms with Crippen molar-refractivity contribution in [1.82, 2.24) is 9.47 Å². The summed E-state index contributed by atoms with van der Waals surface area (Å²) >= 11 is 12.6. The van der Waals surface area contributed by atoms with Crippen molar-refractivity contribution in [2.24, 2.45) is 11.7 Å². The van der Waals surface area contributed by atoms with Crippen LogP contribution in [0.2, 0.25) is 10.0 Å². The number of piperazine rings is 1. The van der Waals surface area contributed by atoms with Gasteiger partial charge in [-0.05, 0) is 67.4 Å². The Morgan fingerprint density at radius 1 is 1.02 bits per heavy atom. The van der Waals surface area contributed by atoms with Crippen LogP contribution < -0.4 is 20.9 Å². The molecule has 0 bridgehead atoms. The topological polar surface area (TPSA) is 90.0 Å². The average molecular weight is 590 g/mol. The van der Waals surface area contributed by atoms with Crippen LogP contribution in [-0.4, -0.2) is 60.8 Å². The van der Waals surface area contributed by atoms with Crippen LogP contribution in [0, 0.1) is 5.92 Å². The van der Waals surface area contributed by atoms with Crippen molar-refractivity contribution in [3.8, 4) is 5.75 Å². The highest BCUT2D eigenvalue weighted by Crippen LogP contribution is 2.33. The lowest BCUT2D eigenvalue weighted by molar-refractivity contribution is -0.149. The number of carbonyl (C=O) groups is 1. The first-order chi connectivity index (χ1) is 19.2. The molecule has 0 aliphatic carbocycles. The number of ether oxygens (including phenoxy) is 2. The minimum absolute atomic E-state index is 0.193. The molecule has 1 aliphatic heterocycles. The first-order valence-electron chi connectivity index (χ1n) is 13.8. The van der Waals surface area contributed by atoms with E-state index in [1.165, 1.54) is 10.6 Å². The third-order valence-corrected chi connectivity index (χ3v) is 7.92. The summed E-state index contributed by atoms with van der Waals surface area (Å²) in [5, 5.41) is 2.06. The van der Waals surface area contributed by atoms with E-state index >= 15 is 0 Å². The van der Waals surface area contributed by atoms with Crippen LogP contribution in [0.3, 0.4) is 0 Å². The zero-order valence-corrected chi connectivity index (χ0v) is 24.7. The monoisotopic (exact) mass is 588 g/mol. The maximum absolute atomic E-state index is 12.6. The van der Waals surface area contributed by atoms with Crippen molar-refractivity contribution in [1.29, 1.82) is 0 Å². The van der Waals surface area contributed by atoms with Gasteiger partial charge < -0.3 is 20.1 Å². The van der Waals surface area contributed by atoms with E-state index in [-0.39, 0.29) is 18.2 Å². The van der Waals surface area contributed by atoms with Crippen LogP contribution in [0.4, 0.5) is 5.69 Å². The van der Waals surface area contributed by atoms with Gasteiger partial charge in [-0.15, -0.1) is 0 Å². The smallest absolute Gasteiger partial charge is 0.324 e. The number of esters is 1. The molecule has 2 heterocycles. The first-order valence-corrected chi connectivity index (χ1v) is 14.6. The Labute approximate surface area is 245 Å². The highest BCUT2D eigenvalue weighted by atomic mass is 35.5. The molecule has 1 fully saturated rings. The minimum atomic E-state index is -0.713. The Balaban J connectivity index is 1.24. The van der Waals surface area contributed by atoms with Gasteiger partial charge in [0.15, 0.2) is 6.73 Å². The number of benzene rings is 2. The molecule has 1 aromatic heterocycles. The number of carbonyl (C=O) groups excluding carboxylic acids is 1. The van der Waals surface area contributed by atoms with Crippen molar-refractivity contribution in [2.45, 2.75) is 45.9 Å². The molecule has 0 amide bonds. The number of fused-ring (bicyclic) bond motifs is 1. The van der Waals surface area contributed by atoms with Crippen LogP contribution in [0.5, 0.6) is 5.75 Å². The predicted octanol–water partition coefficient (Wildman–Crippen LogP) is 5.16. The zero-order chi connectivity index (χ0) is 28.6.